The summed E-state index contributed by atoms with van der Waals surface area (Å²) < 4.78 is 30.4. The minimum atomic E-state index is -4.71. The summed E-state index contributed by atoms with van der Waals surface area (Å²) in [6.07, 6.45) is 83.7. The maximum atomic E-state index is 13.6. The summed E-state index contributed by atoms with van der Waals surface area (Å²) >= 11 is 0. The number of nitrogens with zero attached hydrogens (tertiary/aromatic N) is 1. The maximum Gasteiger partial charge on any atom is 0.306 e. The molecule has 9 nitrogen and oxygen atoms in total. The summed E-state index contributed by atoms with van der Waals surface area (Å²) in [4.78, 5) is 40.2. The number of hydrogen-bond acceptors (Lipinski definition) is 7. The van der Waals surface area contributed by atoms with Gasteiger partial charge in [0.1, 0.15) is 19.3 Å². The molecule has 0 aliphatic carbocycles. The first-order valence-corrected chi connectivity index (χ1v) is 36.0. The van der Waals surface area contributed by atoms with Crippen LogP contribution in [0.5, 0.6) is 0 Å². The predicted molar refractivity (Wildman–Crippen MR) is 358 cm³/mol. The average Bonchev–Trinajstić information content (AvgIpc) is 3.47. The Hall–Kier alpha value is -3.07. The highest BCUT2D eigenvalue weighted by Crippen LogP contribution is 2.38. The molecule has 0 aromatic heterocycles. The number of nitrogens with one attached hydrogen (secondary N) is 1. The number of amides is 1. The second-order valence-electron chi connectivity index (χ2n) is 24.3. The Labute approximate surface area is 513 Å². The molecular weight excluding hydrogens is 1050 g/mol. The van der Waals surface area contributed by atoms with Crippen molar-refractivity contribution in [3.63, 3.8) is 0 Å². The molecule has 480 valence electrons. The van der Waals surface area contributed by atoms with Gasteiger partial charge in [0.2, 0.25) is 5.91 Å². The first-order chi connectivity index (χ1) is 40.4. The fraction of sp³-hybridized carbons (Fsp3) is 0.753. The number of phosphoric acid groups is 1. The van der Waals surface area contributed by atoms with E-state index in [0.29, 0.717) is 17.4 Å². The third-order valence-corrected chi connectivity index (χ3v) is 16.0. The summed E-state index contributed by atoms with van der Waals surface area (Å²) in [7, 11) is 1.17. The second kappa shape index (κ2) is 62.0. The Morgan fingerprint density at radius 2 is 0.771 bits per heavy atom. The summed E-state index contributed by atoms with van der Waals surface area (Å²) in [5.41, 5.74) is 0. The smallest absolute Gasteiger partial charge is 0.306 e. The first-order valence-electron chi connectivity index (χ1n) is 34.5. The number of carbonyl (C=O) groups is 2. The fourth-order valence-corrected chi connectivity index (χ4v) is 10.4. The SMILES string of the molecule is CC/C=C\C/C=C\C/C=C\C/C=C\C/C=C\CCCCCCCCCCCCCC(=O)NC(COP(=O)([O-])OCC[N+](C)(C)C)C(/C=C\CCCCCCCCCCCCC)OC(=O)CCCCCCCCC/C=C\C/C=C\CCCCC. The Bertz CT molecular complexity index is 1740. The molecule has 3 atom stereocenters. The Morgan fingerprint density at radius 3 is 1.18 bits per heavy atom. The van der Waals surface area contributed by atoms with E-state index in [1.807, 2.05) is 33.3 Å². The van der Waals surface area contributed by atoms with Gasteiger partial charge >= 0.3 is 5.97 Å². The molecule has 83 heavy (non-hydrogen) atoms. The first kappa shape index (κ1) is 79.9. The number of quaternary nitrogens is 1. The average molecular weight is 1180 g/mol. The highest BCUT2D eigenvalue weighted by Gasteiger charge is 2.27. The monoisotopic (exact) mass is 1180 g/mol. The van der Waals surface area contributed by atoms with E-state index in [0.717, 1.165) is 122 Å². The molecule has 0 spiro atoms. The summed E-state index contributed by atoms with van der Waals surface area (Å²) in [5, 5.41) is 3.04. The molecule has 0 fully saturated rings. The molecule has 0 saturated heterocycles. The number of ether oxygens (including phenoxy) is 1. The molecule has 1 N–H and O–H groups in total. The van der Waals surface area contributed by atoms with Crippen LogP contribution in [0, 0.1) is 0 Å². The van der Waals surface area contributed by atoms with E-state index in [1.54, 1.807) is 0 Å². The van der Waals surface area contributed by atoms with E-state index in [-0.39, 0.29) is 24.9 Å². The Balaban J connectivity index is 5.11. The van der Waals surface area contributed by atoms with Crippen LogP contribution < -0.4 is 10.2 Å². The largest absolute Gasteiger partial charge is 0.756 e. The molecule has 0 bridgehead atoms. The van der Waals surface area contributed by atoms with Gasteiger partial charge in [-0.15, -0.1) is 0 Å². The van der Waals surface area contributed by atoms with Crippen LogP contribution in [0.1, 0.15) is 303 Å². The van der Waals surface area contributed by atoms with Gasteiger partial charge in [-0.05, 0) is 109 Å². The van der Waals surface area contributed by atoms with Gasteiger partial charge in [0, 0.05) is 12.8 Å². The standard InChI is InChI=1S/C73H131N2O7P/c1-7-10-13-16-19-22-25-28-30-32-33-34-35-36-37-38-39-40-41-43-44-47-50-53-56-59-62-65-72(76)74-70(69-81-83(78,79)80-68-67-75(4,5)6)71(64-61-58-55-52-49-46-27-24-21-18-15-12-9-3)82-73(77)66-63-60-57-54-51-48-45-42-31-29-26-23-20-17-14-11-8-2/h10,13,19-20,22-23,28-31,33-34,36-37,61,64,70-71H,7-9,11-12,14-18,21,24-27,32,35,38-60,62-63,65-69H2,1-6H3,(H-,74,76,78,79)/b13-10-,22-19-,23-20-,30-28-,31-29-,34-33-,37-36-,64-61-. The van der Waals surface area contributed by atoms with Crippen LogP contribution in [0.15, 0.2) is 97.2 Å². The Morgan fingerprint density at radius 1 is 0.434 bits per heavy atom. The summed E-state index contributed by atoms with van der Waals surface area (Å²) in [6, 6.07) is -0.899. The van der Waals surface area contributed by atoms with Crippen molar-refractivity contribution in [2.24, 2.45) is 0 Å². The predicted octanol–water partition coefficient (Wildman–Crippen LogP) is 21.3. The van der Waals surface area contributed by atoms with Gasteiger partial charge in [0.25, 0.3) is 7.82 Å². The van der Waals surface area contributed by atoms with Crippen molar-refractivity contribution in [2.75, 3.05) is 40.9 Å². The quantitative estimate of drug-likeness (QED) is 0.0212. The van der Waals surface area contributed by atoms with Gasteiger partial charge in [0.15, 0.2) is 0 Å². The maximum absolute atomic E-state index is 13.6. The number of carbonyl (C=O) groups excluding carboxylic acids is 2. The minimum absolute atomic E-state index is 0.0275. The molecule has 0 aliphatic heterocycles. The van der Waals surface area contributed by atoms with Gasteiger partial charge < -0.3 is 28.5 Å². The molecule has 0 aromatic carbocycles. The third kappa shape index (κ3) is 63.3. The molecule has 10 heteroatoms. The highest BCUT2D eigenvalue weighted by molar-refractivity contribution is 7.45. The lowest BCUT2D eigenvalue weighted by molar-refractivity contribution is -0.870. The zero-order valence-electron chi connectivity index (χ0n) is 54.9. The number of likely N-dealkylation sites (N-methyl/N-ethyl adjacent to an activating group) is 1. The molecule has 0 aromatic rings. The van der Waals surface area contributed by atoms with Gasteiger partial charge in [-0.2, -0.15) is 0 Å². The van der Waals surface area contributed by atoms with Crippen molar-refractivity contribution < 1.29 is 37.3 Å². The van der Waals surface area contributed by atoms with Crippen molar-refractivity contribution in [1.82, 2.24) is 5.32 Å². The summed E-state index contributed by atoms with van der Waals surface area (Å²) in [6.45, 7) is 6.72. The van der Waals surface area contributed by atoms with Crippen LogP contribution in [0.2, 0.25) is 0 Å². The third-order valence-electron chi connectivity index (χ3n) is 15.0. The zero-order chi connectivity index (χ0) is 60.7. The number of rotatable bonds is 62. The number of allylic oxidation sites excluding steroid dienone is 15. The Kier molecular flexibility index (Phi) is 59.7. The van der Waals surface area contributed by atoms with Gasteiger partial charge in [-0.3, -0.25) is 14.2 Å². The van der Waals surface area contributed by atoms with Crippen LogP contribution in [-0.4, -0.2) is 69.4 Å². The van der Waals surface area contributed by atoms with E-state index in [2.05, 4.69) is 111 Å². The lowest BCUT2D eigenvalue weighted by Crippen LogP contribution is -2.47. The van der Waals surface area contributed by atoms with Gasteiger partial charge in [-0.25, -0.2) is 0 Å². The van der Waals surface area contributed by atoms with Crippen molar-refractivity contribution in [3.8, 4) is 0 Å². The highest BCUT2D eigenvalue weighted by atomic mass is 31.2. The zero-order valence-corrected chi connectivity index (χ0v) is 55.8. The number of phosphoric ester groups is 1. The molecular formula is C73H131N2O7P. The van der Waals surface area contributed by atoms with Crippen LogP contribution in [-0.2, 0) is 27.9 Å². The summed E-state index contributed by atoms with van der Waals surface area (Å²) in [5.74, 6) is -0.550. The van der Waals surface area contributed by atoms with Crippen molar-refractivity contribution in [3.05, 3.63) is 97.2 Å². The minimum Gasteiger partial charge on any atom is -0.756 e. The molecule has 1 amide bonds. The number of unbranched alkanes of at least 4 members (excludes halogenated alkanes) is 32. The van der Waals surface area contributed by atoms with Crippen LogP contribution in [0.3, 0.4) is 0 Å². The fourth-order valence-electron chi connectivity index (χ4n) is 9.70. The van der Waals surface area contributed by atoms with Crippen LogP contribution in [0.4, 0.5) is 0 Å². The van der Waals surface area contributed by atoms with Crippen molar-refractivity contribution in [2.45, 2.75) is 315 Å². The van der Waals surface area contributed by atoms with E-state index in [1.165, 1.54) is 148 Å². The molecule has 0 saturated carbocycles. The van der Waals surface area contributed by atoms with E-state index >= 15 is 0 Å². The number of esters is 1. The van der Waals surface area contributed by atoms with Gasteiger partial charge in [0.05, 0.1) is 33.8 Å². The van der Waals surface area contributed by atoms with Crippen molar-refractivity contribution in [1.29, 1.82) is 0 Å². The molecule has 0 radical (unpaired) electrons. The molecule has 0 heterocycles. The van der Waals surface area contributed by atoms with Gasteiger partial charge in [-0.1, -0.05) is 279 Å². The molecule has 0 aliphatic rings. The number of hydrogen-bond donors (Lipinski definition) is 1. The van der Waals surface area contributed by atoms with E-state index < -0.39 is 26.6 Å². The van der Waals surface area contributed by atoms with E-state index in [4.69, 9.17) is 13.8 Å². The van der Waals surface area contributed by atoms with Crippen LogP contribution in [0.25, 0.3) is 0 Å². The second-order valence-corrected chi connectivity index (χ2v) is 25.7. The van der Waals surface area contributed by atoms with Crippen LogP contribution >= 0.6 is 7.82 Å². The molecule has 0 rings (SSSR count). The molecule has 3 unspecified atom stereocenters. The lowest BCUT2D eigenvalue weighted by Gasteiger charge is -2.30. The normalized spacial score (nSPS) is 14.2. The topological polar surface area (TPSA) is 114 Å². The van der Waals surface area contributed by atoms with Crippen molar-refractivity contribution >= 4 is 19.7 Å². The lowest BCUT2D eigenvalue weighted by atomic mass is 10.0. The van der Waals surface area contributed by atoms with E-state index in [9.17, 15) is 19.0 Å².